The summed E-state index contributed by atoms with van der Waals surface area (Å²) in [6.45, 7) is 2.66. The number of carbonyl (C=O) groups is 2. The van der Waals surface area contributed by atoms with E-state index in [1.54, 1.807) is 7.11 Å². The molecule has 1 aliphatic heterocycles. The zero-order chi connectivity index (χ0) is 16.4. The summed E-state index contributed by atoms with van der Waals surface area (Å²) < 4.78 is 10.3. The summed E-state index contributed by atoms with van der Waals surface area (Å²) in [4.78, 5) is 23.6. The van der Waals surface area contributed by atoms with E-state index < -0.39 is 5.97 Å². The van der Waals surface area contributed by atoms with Crippen molar-refractivity contribution in [2.75, 3.05) is 13.7 Å². The van der Waals surface area contributed by atoms with Gasteiger partial charge in [-0.1, -0.05) is 26.2 Å². The van der Waals surface area contributed by atoms with Crippen molar-refractivity contribution in [1.29, 1.82) is 0 Å². The summed E-state index contributed by atoms with van der Waals surface area (Å²) in [6.07, 6.45) is 6.97. The number of Topliss-reactive ketones (excluding diaryl/α,β-unsaturated/α-hetero) is 1. The Morgan fingerprint density at radius 2 is 1.95 bits per heavy atom. The Morgan fingerprint density at radius 3 is 2.59 bits per heavy atom. The second-order valence-electron chi connectivity index (χ2n) is 5.78. The molecule has 0 aliphatic carbocycles. The summed E-state index contributed by atoms with van der Waals surface area (Å²) in [5.74, 6) is -1.08. The molecule has 0 aromatic rings. The Hall–Kier alpha value is -1.36. The van der Waals surface area contributed by atoms with Gasteiger partial charge in [-0.2, -0.15) is 0 Å². The van der Waals surface area contributed by atoms with Gasteiger partial charge in [0.25, 0.3) is 0 Å². The number of ether oxygens (including phenoxy) is 2. The first-order chi connectivity index (χ1) is 10.6. The minimum atomic E-state index is -0.660. The van der Waals surface area contributed by atoms with Gasteiger partial charge in [-0.25, -0.2) is 4.79 Å². The van der Waals surface area contributed by atoms with Gasteiger partial charge in [-0.3, -0.25) is 4.79 Å². The summed E-state index contributed by atoms with van der Waals surface area (Å²) in [6, 6.07) is 0. The highest BCUT2D eigenvalue weighted by molar-refractivity contribution is 6.18. The minimum absolute atomic E-state index is 0.0974. The molecule has 1 rings (SSSR count). The van der Waals surface area contributed by atoms with Gasteiger partial charge in [0.05, 0.1) is 0 Å². The molecule has 1 aliphatic rings. The summed E-state index contributed by atoms with van der Waals surface area (Å²) in [5.41, 5.74) is -0.141. The molecule has 1 atom stereocenters. The smallest absolute Gasteiger partial charge is 0.345 e. The van der Waals surface area contributed by atoms with Crippen LogP contribution in [0.2, 0.25) is 0 Å². The maximum atomic E-state index is 11.9. The normalized spacial score (nSPS) is 18.5. The van der Waals surface area contributed by atoms with Crippen LogP contribution < -0.4 is 0 Å². The Balaban J connectivity index is 2.32. The van der Waals surface area contributed by atoms with Crippen molar-refractivity contribution in [3.63, 3.8) is 0 Å². The lowest BCUT2D eigenvalue weighted by Crippen LogP contribution is -2.30. The highest BCUT2D eigenvalue weighted by Gasteiger charge is 2.32. The van der Waals surface area contributed by atoms with Crippen LogP contribution in [0.1, 0.15) is 64.7 Å². The predicted octanol–water partition coefficient (Wildman–Crippen LogP) is 3.47. The first kappa shape index (κ1) is 18.7. The first-order valence-electron chi connectivity index (χ1n) is 8.25. The molecule has 5 nitrogen and oxygen atoms in total. The largest absolute Gasteiger partial charge is 0.511 e. The van der Waals surface area contributed by atoms with E-state index in [9.17, 15) is 14.7 Å². The van der Waals surface area contributed by atoms with Gasteiger partial charge < -0.3 is 14.6 Å². The summed E-state index contributed by atoms with van der Waals surface area (Å²) in [7, 11) is 1.71. The van der Waals surface area contributed by atoms with Gasteiger partial charge in [0.2, 0.25) is 0 Å². The standard InChI is InChI=1S/C17H28O5/c1-3-9-14(18)16-15(19)12-13(22-17(16)20)10-7-5-4-6-8-11-21-2/h13,19H,3-12H2,1-2H3. The molecular weight excluding hydrogens is 284 g/mol. The third-order valence-electron chi connectivity index (χ3n) is 3.82. The molecule has 0 amide bonds. The van der Waals surface area contributed by atoms with Gasteiger partial charge in [0.15, 0.2) is 5.78 Å². The van der Waals surface area contributed by atoms with Gasteiger partial charge >= 0.3 is 5.97 Å². The molecule has 0 aromatic heterocycles. The zero-order valence-electron chi connectivity index (χ0n) is 13.7. The Bertz CT molecular complexity index is 400. The summed E-state index contributed by atoms with van der Waals surface area (Å²) in [5, 5.41) is 9.95. The lowest BCUT2D eigenvalue weighted by molar-refractivity contribution is -0.148. The third-order valence-corrected chi connectivity index (χ3v) is 3.82. The van der Waals surface area contributed by atoms with Crippen LogP contribution in [-0.4, -0.2) is 36.7 Å². The monoisotopic (exact) mass is 312 g/mol. The van der Waals surface area contributed by atoms with E-state index in [2.05, 4.69) is 0 Å². The third kappa shape index (κ3) is 6.18. The molecule has 126 valence electrons. The fourth-order valence-electron chi connectivity index (χ4n) is 2.62. The fraction of sp³-hybridized carbons (Fsp3) is 0.765. The SMILES string of the molecule is CCCC(=O)C1=C(O)CC(CCCCCCCOC)OC1=O. The fourth-order valence-corrected chi connectivity index (χ4v) is 2.62. The molecule has 0 saturated carbocycles. The highest BCUT2D eigenvalue weighted by Crippen LogP contribution is 2.25. The van der Waals surface area contributed by atoms with Crippen molar-refractivity contribution >= 4 is 11.8 Å². The van der Waals surface area contributed by atoms with E-state index >= 15 is 0 Å². The molecule has 0 radical (unpaired) electrons. The number of aliphatic hydroxyl groups is 1. The maximum absolute atomic E-state index is 11.9. The highest BCUT2D eigenvalue weighted by atomic mass is 16.5. The number of rotatable bonds is 11. The lowest BCUT2D eigenvalue weighted by atomic mass is 9.97. The van der Waals surface area contributed by atoms with E-state index in [0.717, 1.165) is 45.1 Å². The van der Waals surface area contributed by atoms with Crippen LogP contribution in [0, 0.1) is 0 Å². The van der Waals surface area contributed by atoms with Gasteiger partial charge in [0, 0.05) is 26.6 Å². The number of hydrogen-bond acceptors (Lipinski definition) is 5. The number of aliphatic hydroxyl groups excluding tert-OH is 1. The van der Waals surface area contributed by atoms with E-state index in [0.29, 0.717) is 6.42 Å². The number of unbranched alkanes of at least 4 members (excludes halogenated alkanes) is 4. The quantitative estimate of drug-likeness (QED) is 0.359. The molecule has 1 N–H and O–H groups in total. The minimum Gasteiger partial charge on any atom is -0.511 e. The van der Waals surface area contributed by atoms with Gasteiger partial charge in [-0.05, 0) is 25.7 Å². The molecule has 5 heteroatoms. The number of carbonyl (C=O) groups excluding carboxylic acids is 2. The number of esters is 1. The van der Waals surface area contributed by atoms with E-state index in [-0.39, 0.29) is 36.1 Å². The number of methoxy groups -OCH3 is 1. The first-order valence-corrected chi connectivity index (χ1v) is 8.25. The van der Waals surface area contributed by atoms with Crippen LogP contribution in [0.25, 0.3) is 0 Å². The Morgan fingerprint density at radius 1 is 1.27 bits per heavy atom. The van der Waals surface area contributed by atoms with E-state index in [1.165, 1.54) is 0 Å². The van der Waals surface area contributed by atoms with E-state index in [1.807, 2.05) is 6.92 Å². The Labute approximate surface area is 132 Å². The molecule has 1 heterocycles. The number of hydrogen-bond donors (Lipinski definition) is 1. The van der Waals surface area contributed by atoms with Crippen molar-refractivity contribution in [2.24, 2.45) is 0 Å². The molecule has 0 saturated heterocycles. The second kappa shape index (κ2) is 10.4. The molecule has 0 bridgehead atoms. The molecule has 0 spiro atoms. The topological polar surface area (TPSA) is 72.8 Å². The molecule has 0 fully saturated rings. The lowest BCUT2D eigenvalue weighted by Gasteiger charge is -2.23. The number of cyclic esters (lactones) is 1. The van der Waals surface area contributed by atoms with Crippen LogP contribution in [0.3, 0.4) is 0 Å². The molecule has 22 heavy (non-hydrogen) atoms. The van der Waals surface area contributed by atoms with Crippen LogP contribution >= 0.6 is 0 Å². The second-order valence-corrected chi connectivity index (χ2v) is 5.78. The molecule has 0 aromatic carbocycles. The number of ketones is 1. The average Bonchev–Trinajstić information content (AvgIpc) is 2.46. The van der Waals surface area contributed by atoms with Crippen molar-refractivity contribution in [1.82, 2.24) is 0 Å². The van der Waals surface area contributed by atoms with Crippen molar-refractivity contribution in [2.45, 2.75) is 70.8 Å². The maximum Gasteiger partial charge on any atom is 0.345 e. The molecule has 1 unspecified atom stereocenters. The van der Waals surface area contributed by atoms with Crippen LogP contribution in [0.5, 0.6) is 0 Å². The predicted molar refractivity (Wildman–Crippen MR) is 83.6 cm³/mol. The Kier molecular flexibility index (Phi) is 8.82. The van der Waals surface area contributed by atoms with Crippen molar-refractivity contribution < 1.29 is 24.2 Å². The summed E-state index contributed by atoms with van der Waals surface area (Å²) >= 11 is 0. The van der Waals surface area contributed by atoms with Gasteiger partial charge in [-0.15, -0.1) is 0 Å². The average molecular weight is 312 g/mol. The van der Waals surface area contributed by atoms with Crippen LogP contribution in [0.15, 0.2) is 11.3 Å². The van der Waals surface area contributed by atoms with Crippen molar-refractivity contribution in [3.05, 3.63) is 11.3 Å². The van der Waals surface area contributed by atoms with E-state index in [4.69, 9.17) is 9.47 Å². The van der Waals surface area contributed by atoms with Crippen LogP contribution in [0.4, 0.5) is 0 Å². The van der Waals surface area contributed by atoms with Crippen LogP contribution in [-0.2, 0) is 19.1 Å². The van der Waals surface area contributed by atoms with Crippen molar-refractivity contribution in [3.8, 4) is 0 Å². The molecular formula is C17H28O5. The zero-order valence-corrected chi connectivity index (χ0v) is 13.7. The van der Waals surface area contributed by atoms with Gasteiger partial charge in [0.1, 0.15) is 17.4 Å².